The third kappa shape index (κ3) is 1.98. The van der Waals surface area contributed by atoms with Gasteiger partial charge in [-0.05, 0) is 36.3 Å². The highest BCUT2D eigenvalue weighted by atomic mass is 16.1. The molecule has 0 amide bonds. The summed E-state index contributed by atoms with van der Waals surface area (Å²) in [5.41, 5.74) is 7.14. The van der Waals surface area contributed by atoms with E-state index in [0.29, 0.717) is 12.5 Å². The van der Waals surface area contributed by atoms with Gasteiger partial charge in [-0.25, -0.2) is 0 Å². The van der Waals surface area contributed by atoms with E-state index < -0.39 is 0 Å². The van der Waals surface area contributed by atoms with Gasteiger partial charge in [0.2, 0.25) is 0 Å². The molecule has 1 aromatic carbocycles. The second-order valence-corrected chi connectivity index (χ2v) is 4.84. The third-order valence-corrected chi connectivity index (χ3v) is 3.52. The van der Waals surface area contributed by atoms with Crippen LogP contribution < -0.4 is 11.3 Å². The highest BCUT2D eigenvalue weighted by molar-refractivity contribution is 5.78. The summed E-state index contributed by atoms with van der Waals surface area (Å²) >= 11 is 0. The van der Waals surface area contributed by atoms with Crippen molar-refractivity contribution < 1.29 is 0 Å². The normalized spacial score (nSPS) is 17.2. The Morgan fingerprint density at radius 3 is 2.76 bits per heavy atom. The molecule has 0 spiro atoms. The van der Waals surface area contributed by atoms with E-state index in [1.807, 2.05) is 30.3 Å². The molecule has 2 N–H and O–H groups in total. The van der Waals surface area contributed by atoms with E-state index >= 15 is 0 Å². The third-order valence-electron chi connectivity index (χ3n) is 3.52. The predicted octanol–water partition coefficient (Wildman–Crippen LogP) is 1.74. The fourth-order valence-corrected chi connectivity index (χ4v) is 2.32. The van der Waals surface area contributed by atoms with E-state index in [1.54, 1.807) is 10.6 Å². The molecule has 3 rings (SSSR count). The molecule has 1 saturated carbocycles. The summed E-state index contributed by atoms with van der Waals surface area (Å²) in [6.45, 7) is 0.630. The van der Waals surface area contributed by atoms with Crippen LogP contribution in [0, 0.1) is 5.92 Å². The second-order valence-electron chi connectivity index (χ2n) is 4.84. The van der Waals surface area contributed by atoms with Crippen molar-refractivity contribution in [1.29, 1.82) is 0 Å². The summed E-state index contributed by atoms with van der Waals surface area (Å²) in [6.07, 6.45) is 2.42. The number of fused-ring (bicyclic) bond motifs is 1. The first-order chi connectivity index (χ1) is 8.25. The van der Waals surface area contributed by atoms with Gasteiger partial charge in [-0.3, -0.25) is 4.79 Å². The summed E-state index contributed by atoms with van der Waals surface area (Å²) in [5.74, 6) is 0.612. The van der Waals surface area contributed by atoms with Gasteiger partial charge >= 0.3 is 0 Å². The maximum atomic E-state index is 11.9. The number of aromatic nitrogens is 1. The predicted molar refractivity (Wildman–Crippen MR) is 68.9 cm³/mol. The van der Waals surface area contributed by atoms with Crippen molar-refractivity contribution in [2.24, 2.45) is 11.7 Å². The molecule has 1 fully saturated rings. The first kappa shape index (κ1) is 10.5. The Labute approximate surface area is 99.9 Å². The average Bonchev–Trinajstić information content (AvgIpc) is 3.17. The molecule has 0 aliphatic heterocycles. The summed E-state index contributed by atoms with van der Waals surface area (Å²) in [7, 11) is 0. The van der Waals surface area contributed by atoms with Gasteiger partial charge in [0.25, 0.3) is 5.56 Å². The maximum Gasteiger partial charge on any atom is 0.251 e. The largest absolute Gasteiger partial charge is 0.326 e. The lowest BCUT2D eigenvalue weighted by Crippen LogP contribution is -2.33. The molecule has 1 heterocycles. The van der Waals surface area contributed by atoms with Crippen LogP contribution in [0.15, 0.2) is 41.2 Å². The Balaban J connectivity index is 2.06. The highest BCUT2D eigenvalue weighted by Crippen LogP contribution is 2.32. The lowest BCUT2D eigenvalue weighted by Gasteiger charge is -2.14. The molecule has 3 nitrogen and oxygen atoms in total. The van der Waals surface area contributed by atoms with Crippen molar-refractivity contribution in [2.45, 2.75) is 25.4 Å². The molecule has 3 heteroatoms. The van der Waals surface area contributed by atoms with Crippen LogP contribution in [0.25, 0.3) is 10.9 Å². The summed E-state index contributed by atoms with van der Waals surface area (Å²) in [6, 6.07) is 11.6. The van der Waals surface area contributed by atoms with E-state index in [-0.39, 0.29) is 11.6 Å². The molecule has 1 aromatic heterocycles. The summed E-state index contributed by atoms with van der Waals surface area (Å²) < 4.78 is 1.80. The Hall–Kier alpha value is -1.61. The van der Waals surface area contributed by atoms with E-state index in [2.05, 4.69) is 0 Å². The number of nitrogens with zero attached hydrogens (tertiary/aromatic N) is 1. The first-order valence-corrected chi connectivity index (χ1v) is 6.10. The highest BCUT2D eigenvalue weighted by Gasteiger charge is 2.28. The molecule has 1 aliphatic carbocycles. The topological polar surface area (TPSA) is 48.0 Å². The second kappa shape index (κ2) is 4.00. The van der Waals surface area contributed by atoms with Crippen LogP contribution in [0.5, 0.6) is 0 Å². The minimum Gasteiger partial charge on any atom is -0.326 e. The van der Waals surface area contributed by atoms with Crippen LogP contribution in [-0.2, 0) is 6.54 Å². The van der Waals surface area contributed by atoms with Crippen molar-refractivity contribution in [3.63, 3.8) is 0 Å². The van der Waals surface area contributed by atoms with Gasteiger partial charge < -0.3 is 10.3 Å². The van der Waals surface area contributed by atoms with Gasteiger partial charge in [-0.15, -0.1) is 0 Å². The van der Waals surface area contributed by atoms with Crippen LogP contribution in [0.2, 0.25) is 0 Å². The van der Waals surface area contributed by atoms with Gasteiger partial charge in [0, 0.05) is 18.7 Å². The average molecular weight is 228 g/mol. The SMILES string of the molecule is NC(Cn1c(=O)ccc2ccccc21)C1CC1. The number of pyridine rings is 1. The smallest absolute Gasteiger partial charge is 0.251 e. The first-order valence-electron chi connectivity index (χ1n) is 6.10. The molecule has 1 unspecified atom stereocenters. The molecular formula is C14H16N2O. The van der Waals surface area contributed by atoms with E-state index in [4.69, 9.17) is 5.73 Å². The van der Waals surface area contributed by atoms with Crippen molar-refractivity contribution in [2.75, 3.05) is 0 Å². The Kier molecular flexibility index (Phi) is 2.48. The van der Waals surface area contributed by atoms with E-state index in [9.17, 15) is 4.79 Å². The Morgan fingerprint density at radius 1 is 1.24 bits per heavy atom. The number of hydrogen-bond acceptors (Lipinski definition) is 2. The minimum atomic E-state index is 0.0415. The molecule has 0 radical (unpaired) electrons. The lowest BCUT2D eigenvalue weighted by molar-refractivity contribution is 0.503. The maximum absolute atomic E-state index is 11.9. The molecule has 88 valence electrons. The monoisotopic (exact) mass is 228 g/mol. The molecule has 0 bridgehead atoms. The zero-order valence-corrected chi connectivity index (χ0v) is 9.67. The number of rotatable bonds is 3. The van der Waals surface area contributed by atoms with Crippen molar-refractivity contribution in [1.82, 2.24) is 4.57 Å². The van der Waals surface area contributed by atoms with Gasteiger partial charge in [-0.2, -0.15) is 0 Å². The van der Waals surface area contributed by atoms with Crippen molar-refractivity contribution >= 4 is 10.9 Å². The lowest BCUT2D eigenvalue weighted by atomic mass is 10.1. The van der Waals surface area contributed by atoms with Crippen LogP contribution in [0.3, 0.4) is 0 Å². The molecule has 1 aliphatic rings. The number of nitrogens with two attached hydrogens (primary N) is 1. The van der Waals surface area contributed by atoms with Crippen LogP contribution in [0.4, 0.5) is 0 Å². The summed E-state index contributed by atoms with van der Waals surface area (Å²) in [5, 5.41) is 1.09. The number of para-hydroxylation sites is 1. The summed E-state index contributed by atoms with van der Waals surface area (Å²) in [4.78, 5) is 11.9. The van der Waals surface area contributed by atoms with Crippen LogP contribution in [0.1, 0.15) is 12.8 Å². The van der Waals surface area contributed by atoms with E-state index in [1.165, 1.54) is 12.8 Å². The Bertz CT molecular complexity index is 598. The fraction of sp³-hybridized carbons (Fsp3) is 0.357. The van der Waals surface area contributed by atoms with Crippen molar-refractivity contribution in [3.8, 4) is 0 Å². The fourth-order valence-electron chi connectivity index (χ4n) is 2.32. The molecule has 1 atom stereocenters. The standard InChI is InChI=1S/C14H16N2O/c15-12(10-5-6-10)9-16-13-4-2-1-3-11(13)7-8-14(16)17/h1-4,7-8,10,12H,5-6,9,15H2. The quantitative estimate of drug-likeness (QED) is 0.869. The minimum absolute atomic E-state index is 0.0415. The molecular weight excluding hydrogens is 212 g/mol. The Morgan fingerprint density at radius 2 is 2.00 bits per heavy atom. The van der Waals surface area contributed by atoms with E-state index in [0.717, 1.165) is 10.9 Å². The van der Waals surface area contributed by atoms with Crippen LogP contribution >= 0.6 is 0 Å². The van der Waals surface area contributed by atoms with Gasteiger partial charge in [-0.1, -0.05) is 18.2 Å². The van der Waals surface area contributed by atoms with Gasteiger partial charge in [0.1, 0.15) is 0 Å². The zero-order valence-electron chi connectivity index (χ0n) is 9.67. The zero-order chi connectivity index (χ0) is 11.8. The molecule has 17 heavy (non-hydrogen) atoms. The van der Waals surface area contributed by atoms with Gasteiger partial charge in [0.05, 0.1) is 5.52 Å². The number of benzene rings is 1. The number of hydrogen-bond donors (Lipinski definition) is 1. The van der Waals surface area contributed by atoms with Crippen LogP contribution in [-0.4, -0.2) is 10.6 Å². The van der Waals surface area contributed by atoms with Crippen molar-refractivity contribution in [3.05, 3.63) is 46.8 Å². The molecule has 0 saturated heterocycles. The molecule has 2 aromatic rings. The van der Waals surface area contributed by atoms with Gasteiger partial charge in [0.15, 0.2) is 0 Å².